The largest absolute Gasteiger partial charge is 0.339 e. The van der Waals surface area contributed by atoms with Crippen molar-refractivity contribution in [3.63, 3.8) is 0 Å². The third-order valence-electron chi connectivity index (χ3n) is 3.20. The summed E-state index contributed by atoms with van der Waals surface area (Å²) in [5.41, 5.74) is 0. The minimum Gasteiger partial charge on any atom is -0.339 e. The molecule has 1 saturated carbocycles. The van der Waals surface area contributed by atoms with E-state index in [1.165, 1.54) is 12.8 Å². The van der Waals surface area contributed by atoms with Gasteiger partial charge in [0, 0.05) is 12.0 Å². The summed E-state index contributed by atoms with van der Waals surface area (Å²) in [5.74, 6) is 2.55. The lowest BCUT2D eigenvalue weighted by Crippen LogP contribution is -2.30. The first-order valence-electron chi connectivity index (χ1n) is 5.77. The Morgan fingerprint density at radius 1 is 1.53 bits per heavy atom. The summed E-state index contributed by atoms with van der Waals surface area (Å²) < 4.78 is 5.31. The molecule has 2 atom stereocenters. The zero-order valence-electron chi connectivity index (χ0n) is 9.66. The van der Waals surface area contributed by atoms with Gasteiger partial charge in [0.2, 0.25) is 5.89 Å². The second-order valence-corrected chi connectivity index (χ2v) is 4.36. The van der Waals surface area contributed by atoms with Gasteiger partial charge in [-0.2, -0.15) is 4.98 Å². The number of nitrogens with zero attached hydrogens (tertiary/aromatic N) is 2. The molecule has 1 fully saturated rings. The van der Waals surface area contributed by atoms with Gasteiger partial charge in [-0.1, -0.05) is 19.0 Å². The van der Waals surface area contributed by atoms with Gasteiger partial charge in [-0.25, -0.2) is 0 Å². The third-order valence-corrected chi connectivity index (χ3v) is 3.20. The fourth-order valence-electron chi connectivity index (χ4n) is 1.92. The molecule has 0 spiro atoms. The Labute approximate surface area is 90.4 Å². The van der Waals surface area contributed by atoms with E-state index in [9.17, 15) is 0 Å². The summed E-state index contributed by atoms with van der Waals surface area (Å²) in [7, 11) is 1.98. The van der Waals surface area contributed by atoms with Gasteiger partial charge in [0.05, 0.1) is 5.92 Å². The molecule has 2 rings (SSSR count). The van der Waals surface area contributed by atoms with E-state index < -0.39 is 0 Å². The quantitative estimate of drug-likeness (QED) is 0.806. The topological polar surface area (TPSA) is 51.0 Å². The van der Waals surface area contributed by atoms with Gasteiger partial charge in [-0.3, -0.25) is 0 Å². The van der Waals surface area contributed by atoms with Crippen molar-refractivity contribution < 1.29 is 4.52 Å². The number of hydrogen-bond acceptors (Lipinski definition) is 4. The average Bonchev–Trinajstić information content (AvgIpc) is 2.98. The Balaban J connectivity index is 2.06. The van der Waals surface area contributed by atoms with Crippen molar-refractivity contribution in [3.8, 4) is 0 Å². The van der Waals surface area contributed by atoms with Crippen LogP contribution in [0, 0.1) is 0 Å². The highest BCUT2D eigenvalue weighted by atomic mass is 16.5. The number of aromatic nitrogens is 2. The molecule has 0 amide bonds. The van der Waals surface area contributed by atoms with E-state index in [4.69, 9.17) is 4.52 Å². The molecule has 1 N–H and O–H groups in total. The molecule has 0 aliphatic heterocycles. The molecular weight excluding hydrogens is 190 g/mol. The van der Waals surface area contributed by atoms with Crippen molar-refractivity contribution in [2.24, 2.45) is 0 Å². The maximum atomic E-state index is 5.31. The highest BCUT2D eigenvalue weighted by molar-refractivity contribution is 5.06. The van der Waals surface area contributed by atoms with Gasteiger partial charge in [-0.05, 0) is 26.3 Å². The molecule has 4 heteroatoms. The van der Waals surface area contributed by atoms with Gasteiger partial charge in [0.15, 0.2) is 5.82 Å². The zero-order valence-corrected chi connectivity index (χ0v) is 9.66. The van der Waals surface area contributed by atoms with Crippen LogP contribution in [0.1, 0.15) is 56.7 Å². The van der Waals surface area contributed by atoms with Crippen LogP contribution in [-0.4, -0.2) is 23.2 Å². The molecule has 1 aromatic rings. The summed E-state index contributed by atoms with van der Waals surface area (Å²) in [6.45, 7) is 4.30. The maximum Gasteiger partial charge on any atom is 0.231 e. The highest BCUT2D eigenvalue weighted by Gasteiger charge is 2.30. The van der Waals surface area contributed by atoms with Gasteiger partial charge in [-0.15, -0.1) is 0 Å². The van der Waals surface area contributed by atoms with Crippen molar-refractivity contribution in [2.75, 3.05) is 7.05 Å². The molecule has 1 aliphatic carbocycles. The molecule has 0 saturated heterocycles. The minimum atomic E-state index is 0.292. The normalized spacial score (nSPS) is 20.2. The Morgan fingerprint density at radius 2 is 2.27 bits per heavy atom. The molecule has 84 valence electrons. The summed E-state index contributed by atoms with van der Waals surface area (Å²) >= 11 is 0. The molecule has 15 heavy (non-hydrogen) atoms. The molecule has 2 unspecified atom stereocenters. The van der Waals surface area contributed by atoms with Crippen molar-refractivity contribution in [1.29, 1.82) is 0 Å². The number of likely N-dealkylation sites (N-methyl/N-ethyl adjacent to an activating group) is 1. The van der Waals surface area contributed by atoms with Crippen molar-refractivity contribution in [3.05, 3.63) is 11.7 Å². The van der Waals surface area contributed by atoms with Gasteiger partial charge in [0.25, 0.3) is 0 Å². The van der Waals surface area contributed by atoms with Crippen LogP contribution in [0.5, 0.6) is 0 Å². The molecular formula is C11H19N3O. The maximum absolute atomic E-state index is 5.31. The van der Waals surface area contributed by atoms with Gasteiger partial charge in [0.1, 0.15) is 0 Å². The molecule has 0 radical (unpaired) electrons. The highest BCUT2D eigenvalue weighted by Crippen LogP contribution is 2.38. The Bertz CT molecular complexity index is 315. The fourth-order valence-corrected chi connectivity index (χ4v) is 1.92. The van der Waals surface area contributed by atoms with E-state index in [-0.39, 0.29) is 0 Å². The van der Waals surface area contributed by atoms with Crippen molar-refractivity contribution in [2.45, 2.75) is 51.0 Å². The molecule has 1 aliphatic rings. The number of nitrogens with one attached hydrogen (secondary N) is 1. The van der Waals surface area contributed by atoms with Crippen LogP contribution in [-0.2, 0) is 0 Å². The summed E-state index contributed by atoms with van der Waals surface area (Å²) in [5, 5.41) is 7.31. The molecule has 0 bridgehead atoms. The van der Waals surface area contributed by atoms with Crippen LogP contribution in [0.2, 0.25) is 0 Å². The van der Waals surface area contributed by atoms with E-state index in [0.29, 0.717) is 17.9 Å². The third kappa shape index (κ3) is 2.20. The van der Waals surface area contributed by atoms with Gasteiger partial charge < -0.3 is 9.84 Å². The monoisotopic (exact) mass is 209 g/mol. The van der Waals surface area contributed by atoms with Crippen LogP contribution in [0.25, 0.3) is 0 Å². The standard InChI is InChI=1S/C11H19N3O/c1-4-9(12-3)7(2)11-13-10(14-15-11)8-5-6-8/h7-9,12H,4-6H2,1-3H3. The van der Waals surface area contributed by atoms with Crippen LogP contribution in [0.15, 0.2) is 4.52 Å². The lowest BCUT2D eigenvalue weighted by Gasteiger charge is -2.18. The van der Waals surface area contributed by atoms with E-state index in [0.717, 1.165) is 18.1 Å². The predicted octanol–water partition coefficient (Wildman–Crippen LogP) is 2.05. The van der Waals surface area contributed by atoms with Crippen LogP contribution in [0.3, 0.4) is 0 Å². The Hall–Kier alpha value is -0.900. The van der Waals surface area contributed by atoms with Crippen molar-refractivity contribution in [1.82, 2.24) is 15.5 Å². The zero-order chi connectivity index (χ0) is 10.8. The number of hydrogen-bond donors (Lipinski definition) is 1. The smallest absolute Gasteiger partial charge is 0.231 e. The second kappa shape index (κ2) is 4.31. The second-order valence-electron chi connectivity index (χ2n) is 4.36. The summed E-state index contributed by atoms with van der Waals surface area (Å²) in [6.07, 6.45) is 3.51. The minimum absolute atomic E-state index is 0.292. The van der Waals surface area contributed by atoms with Gasteiger partial charge >= 0.3 is 0 Å². The average molecular weight is 209 g/mol. The Kier molecular flexibility index (Phi) is 3.05. The first-order valence-corrected chi connectivity index (χ1v) is 5.77. The first-order chi connectivity index (χ1) is 7.26. The Morgan fingerprint density at radius 3 is 2.80 bits per heavy atom. The van der Waals surface area contributed by atoms with Crippen LogP contribution in [0.4, 0.5) is 0 Å². The first kappa shape index (κ1) is 10.6. The molecule has 4 nitrogen and oxygen atoms in total. The van der Waals surface area contributed by atoms with E-state index in [1.54, 1.807) is 0 Å². The predicted molar refractivity (Wildman–Crippen MR) is 57.8 cm³/mol. The lowest BCUT2D eigenvalue weighted by atomic mass is 10.00. The lowest BCUT2D eigenvalue weighted by molar-refractivity contribution is 0.324. The summed E-state index contributed by atoms with van der Waals surface area (Å²) in [4.78, 5) is 4.47. The fraction of sp³-hybridized carbons (Fsp3) is 0.818. The van der Waals surface area contributed by atoms with E-state index >= 15 is 0 Å². The van der Waals surface area contributed by atoms with Crippen molar-refractivity contribution >= 4 is 0 Å². The van der Waals surface area contributed by atoms with Crippen LogP contribution < -0.4 is 5.32 Å². The molecule has 0 aromatic carbocycles. The summed E-state index contributed by atoms with van der Waals surface area (Å²) in [6, 6.07) is 0.414. The van der Waals surface area contributed by atoms with Crippen LogP contribution >= 0.6 is 0 Å². The SMILES string of the molecule is CCC(NC)C(C)c1nc(C2CC2)no1. The van der Waals surface area contributed by atoms with E-state index in [1.807, 2.05) is 7.05 Å². The molecule has 1 heterocycles. The van der Waals surface area contributed by atoms with E-state index in [2.05, 4.69) is 29.3 Å². The number of rotatable bonds is 5. The molecule has 1 aromatic heterocycles.